The average molecular weight is 659 g/mol. The van der Waals surface area contributed by atoms with Crippen molar-refractivity contribution in [3.8, 4) is 0 Å². The second kappa shape index (κ2) is 11.2. The molecule has 1 fully saturated rings. The Balaban J connectivity index is 1.53. The summed E-state index contributed by atoms with van der Waals surface area (Å²) in [5.41, 5.74) is 8.11. The monoisotopic (exact) mass is 657 g/mol. The molecule has 3 atom stereocenters. The molecule has 3 heterocycles. The summed E-state index contributed by atoms with van der Waals surface area (Å²) in [5, 5.41) is 3.48. The first kappa shape index (κ1) is 27.5. The summed E-state index contributed by atoms with van der Waals surface area (Å²) in [5.74, 6) is 4.03. The molecule has 2 aliphatic rings. The number of rotatable bonds is 6. The van der Waals surface area contributed by atoms with Crippen molar-refractivity contribution >= 4 is 47.4 Å². The summed E-state index contributed by atoms with van der Waals surface area (Å²) >= 11 is 7.55. The molecule has 1 aliphatic carbocycles. The lowest BCUT2D eigenvalue weighted by atomic mass is 9.94. The maximum Gasteiger partial charge on any atom is 0.0794 e. The van der Waals surface area contributed by atoms with Gasteiger partial charge in [0.15, 0.2) is 0 Å². The van der Waals surface area contributed by atoms with Crippen LogP contribution in [0.2, 0.25) is 0 Å². The number of fused-ring (bicyclic) bond motifs is 2. The van der Waals surface area contributed by atoms with E-state index in [9.17, 15) is 4.21 Å². The van der Waals surface area contributed by atoms with Crippen LogP contribution in [0.1, 0.15) is 39.6 Å². The predicted octanol–water partition coefficient (Wildman–Crippen LogP) is 5.05. The van der Waals surface area contributed by atoms with E-state index in [1.165, 1.54) is 22.3 Å². The molecular weight excluding hydrogens is 626 g/mol. The molecule has 2 aromatic heterocycles. The number of piperazine rings is 1. The fraction of sp³-hybridized carbons (Fsp3) is 0.345. The largest absolute Gasteiger partial charge is 0.383 e. The SMILES string of the molecule is C=C(NCc1cccnc1)C1CN(C2c3ncc(Br)cc3CCc3cc(C)cc(Br)c32)CCN1S(=C)(C)=O. The van der Waals surface area contributed by atoms with Crippen molar-refractivity contribution in [3.05, 3.63) is 104 Å². The predicted molar refractivity (Wildman–Crippen MR) is 164 cm³/mol. The lowest BCUT2D eigenvalue weighted by molar-refractivity contribution is 0.122. The number of hydrogen-bond donors (Lipinski definition) is 1. The van der Waals surface area contributed by atoms with Crippen LogP contribution in [0.15, 0.2) is 70.1 Å². The van der Waals surface area contributed by atoms with Crippen molar-refractivity contribution in [3.63, 3.8) is 0 Å². The van der Waals surface area contributed by atoms with Crippen LogP contribution in [0.3, 0.4) is 0 Å². The van der Waals surface area contributed by atoms with Gasteiger partial charge >= 0.3 is 0 Å². The summed E-state index contributed by atoms with van der Waals surface area (Å²) in [4.78, 5) is 11.7. The van der Waals surface area contributed by atoms with Crippen LogP contribution < -0.4 is 5.32 Å². The highest BCUT2D eigenvalue weighted by atomic mass is 79.9. The maximum atomic E-state index is 13.3. The van der Waals surface area contributed by atoms with Crippen LogP contribution in [0, 0.1) is 6.92 Å². The Labute approximate surface area is 243 Å². The fourth-order valence-electron chi connectivity index (χ4n) is 5.64. The number of aryl methyl sites for hydroxylation is 3. The van der Waals surface area contributed by atoms with Gasteiger partial charge in [0.1, 0.15) is 0 Å². The third-order valence-corrected chi connectivity index (χ3v) is 9.91. The van der Waals surface area contributed by atoms with E-state index in [4.69, 9.17) is 4.98 Å². The number of nitrogens with one attached hydrogen (secondary N) is 1. The zero-order chi connectivity index (χ0) is 27.0. The first-order chi connectivity index (χ1) is 18.1. The van der Waals surface area contributed by atoms with Crippen molar-refractivity contribution in [1.82, 2.24) is 24.5 Å². The van der Waals surface area contributed by atoms with E-state index in [1.54, 1.807) is 12.5 Å². The lowest BCUT2D eigenvalue weighted by Crippen LogP contribution is -2.57. The van der Waals surface area contributed by atoms with E-state index in [2.05, 4.69) is 84.6 Å². The van der Waals surface area contributed by atoms with Crippen molar-refractivity contribution in [1.29, 1.82) is 0 Å². The molecule has 1 N–H and O–H groups in total. The Hall–Kier alpha value is -2.04. The summed E-state index contributed by atoms with van der Waals surface area (Å²) in [6.45, 7) is 9.17. The molecule has 0 amide bonds. The highest BCUT2D eigenvalue weighted by Crippen LogP contribution is 2.42. The van der Waals surface area contributed by atoms with Gasteiger partial charge in [-0.15, -0.1) is 0 Å². The van der Waals surface area contributed by atoms with Crippen LogP contribution >= 0.6 is 31.9 Å². The summed E-state index contributed by atoms with van der Waals surface area (Å²) < 4.78 is 17.4. The minimum Gasteiger partial charge on any atom is -0.383 e. The third-order valence-electron chi connectivity index (χ3n) is 7.39. The number of hydrogen-bond acceptors (Lipinski definition) is 5. The van der Waals surface area contributed by atoms with Gasteiger partial charge in [-0.3, -0.25) is 19.1 Å². The maximum absolute atomic E-state index is 13.3. The van der Waals surface area contributed by atoms with Crippen LogP contribution in [-0.4, -0.2) is 61.2 Å². The molecule has 1 aromatic carbocycles. The molecule has 200 valence electrons. The van der Waals surface area contributed by atoms with Gasteiger partial charge in [-0.05, 0) is 87.6 Å². The van der Waals surface area contributed by atoms with Gasteiger partial charge in [0.05, 0.1) is 17.8 Å². The highest BCUT2D eigenvalue weighted by molar-refractivity contribution is 9.10. The number of benzene rings is 1. The molecule has 0 saturated carbocycles. The van der Waals surface area contributed by atoms with Gasteiger partial charge < -0.3 is 5.32 Å². The quantitative estimate of drug-likeness (QED) is 0.376. The molecule has 0 spiro atoms. The molecule has 6 nitrogen and oxygen atoms in total. The normalized spacial score (nSPS) is 21.6. The van der Waals surface area contributed by atoms with E-state index in [0.29, 0.717) is 19.6 Å². The summed E-state index contributed by atoms with van der Waals surface area (Å²) in [6, 6.07) is 10.5. The van der Waals surface area contributed by atoms with Crippen LogP contribution in [0.5, 0.6) is 0 Å². The Kier molecular flexibility index (Phi) is 8.12. The molecule has 3 unspecified atom stereocenters. The zero-order valence-electron chi connectivity index (χ0n) is 21.8. The van der Waals surface area contributed by atoms with Crippen LogP contribution in [0.25, 0.3) is 0 Å². The third kappa shape index (κ3) is 5.77. The summed E-state index contributed by atoms with van der Waals surface area (Å²) in [7, 11) is -2.44. The van der Waals surface area contributed by atoms with E-state index in [1.807, 2.05) is 28.8 Å². The van der Waals surface area contributed by atoms with Gasteiger partial charge in [0.2, 0.25) is 0 Å². The fourth-order valence-corrected chi connectivity index (χ4v) is 8.05. The minimum absolute atomic E-state index is 0.0286. The smallest absolute Gasteiger partial charge is 0.0794 e. The lowest BCUT2D eigenvalue weighted by Gasteiger charge is -2.45. The number of aromatic nitrogens is 2. The van der Waals surface area contributed by atoms with Crippen molar-refractivity contribution in [2.24, 2.45) is 0 Å². The number of pyridine rings is 2. The first-order valence-electron chi connectivity index (χ1n) is 12.7. The van der Waals surface area contributed by atoms with Gasteiger partial charge in [-0.2, -0.15) is 0 Å². The molecule has 1 saturated heterocycles. The van der Waals surface area contributed by atoms with E-state index < -0.39 is 9.71 Å². The van der Waals surface area contributed by atoms with E-state index in [0.717, 1.165) is 45.3 Å². The van der Waals surface area contributed by atoms with Crippen molar-refractivity contribution < 1.29 is 4.21 Å². The van der Waals surface area contributed by atoms with Crippen LogP contribution in [0.4, 0.5) is 0 Å². The van der Waals surface area contributed by atoms with E-state index >= 15 is 0 Å². The molecule has 9 heteroatoms. The molecule has 0 bridgehead atoms. The molecule has 1 aliphatic heterocycles. The second-order valence-corrected chi connectivity index (χ2v) is 14.4. The van der Waals surface area contributed by atoms with Crippen molar-refractivity contribution in [2.45, 2.75) is 38.4 Å². The highest BCUT2D eigenvalue weighted by Gasteiger charge is 2.39. The molecule has 0 radical (unpaired) electrons. The second-order valence-electron chi connectivity index (χ2n) is 10.3. The molecular formula is C29H33Br2N5OS. The van der Waals surface area contributed by atoms with Gasteiger partial charge in [0, 0.05) is 75.4 Å². The molecule has 3 aromatic rings. The Morgan fingerprint density at radius 3 is 2.71 bits per heavy atom. The number of nitrogens with zero attached hydrogens (tertiary/aromatic N) is 4. The first-order valence-corrected chi connectivity index (χ1v) is 16.4. The molecule has 5 rings (SSSR count). The Morgan fingerprint density at radius 2 is 1.97 bits per heavy atom. The standard InChI is InChI=1S/C29H33Br2N5OS/c1-19-12-22-7-8-23-14-24(30)17-34-28(23)29(27(22)25(31)13-19)35-10-11-36(38(3,4)37)26(18-35)20(2)33-16-21-6-5-9-32-15-21/h5-6,9,12-15,17,26,29,33H,2-3,7-8,10-11,16,18H2,1,4H3. The average Bonchev–Trinajstić information content (AvgIpc) is 3.03. The Morgan fingerprint density at radius 1 is 1.18 bits per heavy atom. The van der Waals surface area contributed by atoms with Crippen molar-refractivity contribution in [2.75, 3.05) is 25.9 Å². The molecule has 38 heavy (non-hydrogen) atoms. The zero-order valence-corrected chi connectivity index (χ0v) is 25.8. The topological polar surface area (TPSA) is 61.4 Å². The van der Waals surface area contributed by atoms with Gasteiger partial charge in [0.25, 0.3) is 0 Å². The Bertz CT molecular complexity index is 1460. The van der Waals surface area contributed by atoms with E-state index in [-0.39, 0.29) is 12.1 Å². The summed E-state index contributed by atoms with van der Waals surface area (Å²) in [6.07, 6.45) is 9.13. The van der Waals surface area contributed by atoms with Gasteiger partial charge in [-0.1, -0.05) is 34.6 Å². The number of halogens is 2. The van der Waals surface area contributed by atoms with Gasteiger partial charge in [-0.25, -0.2) is 4.31 Å². The van der Waals surface area contributed by atoms with Crippen LogP contribution in [-0.2, 0) is 29.1 Å². The minimum atomic E-state index is -2.44.